The summed E-state index contributed by atoms with van der Waals surface area (Å²) >= 11 is 12.0. The van der Waals surface area contributed by atoms with Gasteiger partial charge in [0.25, 0.3) is 0 Å². The second-order valence-electron chi connectivity index (χ2n) is 4.75. The molecule has 0 saturated carbocycles. The lowest BCUT2D eigenvalue weighted by atomic mass is 10.1. The van der Waals surface area contributed by atoms with Gasteiger partial charge in [-0.3, -0.25) is 0 Å². The Kier molecular flexibility index (Phi) is 6.90. The maximum Gasteiger partial charge on any atom is 0.0595 e. The third kappa shape index (κ3) is 4.42. The first-order chi connectivity index (χ1) is 9.10. The monoisotopic (exact) mass is 332 g/mol. The molecule has 110 valence electrons. The second kappa shape index (κ2) is 7.94. The van der Waals surface area contributed by atoms with Gasteiger partial charge in [0.05, 0.1) is 10.0 Å². The van der Waals surface area contributed by atoms with Gasteiger partial charge in [0.1, 0.15) is 0 Å². The van der Waals surface area contributed by atoms with Crippen LogP contribution in [0.15, 0.2) is 36.5 Å². The van der Waals surface area contributed by atoms with Crippen molar-refractivity contribution in [1.29, 1.82) is 0 Å². The van der Waals surface area contributed by atoms with Crippen LogP contribution in [0, 0.1) is 0 Å². The molecule has 1 unspecified atom stereocenters. The lowest BCUT2D eigenvalue weighted by molar-refractivity contribution is 0.610. The molecule has 2 N–H and O–H groups in total. The van der Waals surface area contributed by atoms with Crippen molar-refractivity contribution in [2.45, 2.75) is 32.4 Å². The third-order valence-electron chi connectivity index (χ3n) is 3.26. The molecule has 1 atom stereocenters. The summed E-state index contributed by atoms with van der Waals surface area (Å²) in [4.78, 5) is 0. The summed E-state index contributed by atoms with van der Waals surface area (Å²) in [7, 11) is 0. The summed E-state index contributed by atoms with van der Waals surface area (Å²) in [6.07, 6.45) is 3.95. The summed E-state index contributed by atoms with van der Waals surface area (Å²) in [6.45, 7) is 2.90. The van der Waals surface area contributed by atoms with Gasteiger partial charge in [0.15, 0.2) is 0 Å². The molecular weight excluding hydrogens is 315 g/mol. The number of hydrogen-bond donors (Lipinski definition) is 1. The minimum absolute atomic E-state index is 0. The number of rotatable bonds is 5. The molecule has 0 bridgehead atoms. The van der Waals surface area contributed by atoms with E-state index >= 15 is 0 Å². The van der Waals surface area contributed by atoms with Crippen LogP contribution in [0.3, 0.4) is 0 Å². The number of benzene rings is 1. The summed E-state index contributed by atoms with van der Waals surface area (Å²) < 4.78 is 2.20. The number of hydrogen-bond acceptors (Lipinski definition) is 1. The number of halogens is 3. The normalized spacial score (nSPS) is 12.0. The lowest BCUT2D eigenvalue weighted by Crippen LogP contribution is -2.23. The van der Waals surface area contributed by atoms with E-state index in [1.165, 1.54) is 5.69 Å². The lowest BCUT2D eigenvalue weighted by Gasteiger charge is -2.13. The Hall–Kier alpha value is -0.670. The molecule has 0 fully saturated rings. The molecule has 0 saturated heterocycles. The maximum absolute atomic E-state index is 6.04. The zero-order chi connectivity index (χ0) is 13.8. The zero-order valence-corrected chi connectivity index (χ0v) is 13.7. The van der Waals surface area contributed by atoms with Crippen molar-refractivity contribution in [1.82, 2.24) is 4.57 Å². The van der Waals surface area contributed by atoms with E-state index in [9.17, 15) is 0 Å². The van der Waals surface area contributed by atoms with Gasteiger partial charge in [0, 0.05) is 30.9 Å². The maximum atomic E-state index is 6.04. The molecule has 0 radical (unpaired) electrons. The minimum Gasteiger partial charge on any atom is -0.347 e. The van der Waals surface area contributed by atoms with Crippen LogP contribution in [0.2, 0.25) is 10.0 Å². The molecule has 2 aromatic rings. The van der Waals surface area contributed by atoms with Crippen LogP contribution < -0.4 is 5.73 Å². The number of nitrogens with two attached hydrogens (primary N) is 1. The molecule has 0 aliphatic carbocycles. The van der Waals surface area contributed by atoms with Gasteiger partial charge < -0.3 is 10.3 Å². The van der Waals surface area contributed by atoms with E-state index in [1.54, 1.807) is 0 Å². The Morgan fingerprint density at radius 3 is 2.60 bits per heavy atom. The van der Waals surface area contributed by atoms with Crippen molar-refractivity contribution in [2.75, 3.05) is 0 Å². The van der Waals surface area contributed by atoms with Gasteiger partial charge in [-0.2, -0.15) is 0 Å². The van der Waals surface area contributed by atoms with E-state index in [2.05, 4.69) is 29.8 Å². The number of aromatic nitrogens is 1. The van der Waals surface area contributed by atoms with Crippen molar-refractivity contribution in [3.8, 4) is 0 Å². The highest BCUT2D eigenvalue weighted by Gasteiger charge is 2.07. The molecule has 20 heavy (non-hydrogen) atoms. The van der Waals surface area contributed by atoms with E-state index in [0.717, 1.165) is 24.9 Å². The van der Waals surface area contributed by atoms with Crippen molar-refractivity contribution in [3.63, 3.8) is 0 Å². The summed E-state index contributed by atoms with van der Waals surface area (Å²) in [5.41, 5.74) is 8.40. The molecule has 1 heterocycles. The summed E-state index contributed by atoms with van der Waals surface area (Å²) in [5, 5.41) is 1.18. The Morgan fingerprint density at radius 1 is 1.20 bits per heavy atom. The van der Waals surface area contributed by atoms with E-state index in [4.69, 9.17) is 28.9 Å². The van der Waals surface area contributed by atoms with Gasteiger partial charge in [-0.1, -0.05) is 36.2 Å². The molecule has 0 aliphatic rings. The molecule has 0 spiro atoms. The van der Waals surface area contributed by atoms with Crippen molar-refractivity contribution in [2.24, 2.45) is 5.73 Å². The van der Waals surface area contributed by atoms with E-state index in [1.807, 2.05) is 18.2 Å². The summed E-state index contributed by atoms with van der Waals surface area (Å²) in [6, 6.07) is 10.1. The predicted octanol–water partition coefficient (Wildman–Crippen LogP) is 4.54. The molecule has 1 aromatic carbocycles. The quantitative estimate of drug-likeness (QED) is 0.855. The van der Waals surface area contributed by atoms with Gasteiger partial charge >= 0.3 is 0 Å². The van der Waals surface area contributed by atoms with Crippen LogP contribution >= 0.6 is 35.6 Å². The van der Waals surface area contributed by atoms with Crippen LogP contribution in [0.4, 0.5) is 0 Å². The highest BCUT2D eigenvalue weighted by Crippen LogP contribution is 2.23. The molecular formula is C15H19Cl3N2. The average Bonchev–Trinajstić information content (AvgIpc) is 2.81. The predicted molar refractivity (Wildman–Crippen MR) is 89.2 cm³/mol. The van der Waals surface area contributed by atoms with Crippen LogP contribution in [0.25, 0.3) is 0 Å². The first-order valence-electron chi connectivity index (χ1n) is 6.43. The fraction of sp³-hybridized carbons (Fsp3) is 0.333. The molecule has 2 rings (SSSR count). The molecule has 5 heteroatoms. The Morgan fingerprint density at radius 2 is 1.95 bits per heavy atom. The average molecular weight is 334 g/mol. The molecule has 2 nitrogen and oxygen atoms in total. The number of nitrogens with zero attached hydrogens (tertiary/aromatic N) is 1. The third-order valence-corrected chi connectivity index (χ3v) is 4.00. The van der Waals surface area contributed by atoms with Gasteiger partial charge in [-0.05, 0) is 36.2 Å². The van der Waals surface area contributed by atoms with Crippen molar-refractivity contribution >= 4 is 35.6 Å². The van der Waals surface area contributed by atoms with Crippen LogP contribution in [0.5, 0.6) is 0 Å². The van der Waals surface area contributed by atoms with E-state index in [-0.39, 0.29) is 18.4 Å². The van der Waals surface area contributed by atoms with Gasteiger partial charge in [-0.25, -0.2) is 0 Å². The van der Waals surface area contributed by atoms with Crippen molar-refractivity contribution in [3.05, 3.63) is 57.8 Å². The van der Waals surface area contributed by atoms with E-state index in [0.29, 0.717) is 10.0 Å². The molecule has 0 aliphatic heterocycles. The second-order valence-corrected chi connectivity index (χ2v) is 5.56. The minimum atomic E-state index is 0. The fourth-order valence-corrected chi connectivity index (χ4v) is 2.36. The smallest absolute Gasteiger partial charge is 0.0595 e. The Balaban J connectivity index is 0.00000200. The van der Waals surface area contributed by atoms with Crippen LogP contribution in [-0.4, -0.2) is 10.6 Å². The highest BCUT2D eigenvalue weighted by atomic mass is 35.5. The van der Waals surface area contributed by atoms with Crippen molar-refractivity contribution < 1.29 is 0 Å². The van der Waals surface area contributed by atoms with Gasteiger partial charge in [-0.15, -0.1) is 12.4 Å². The van der Waals surface area contributed by atoms with Crippen LogP contribution in [0.1, 0.15) is 24.6 Å². The standard InChI is InChI=1S/C15H18Cl2N2.ClH/c1-2-12(18)9-13-4-3-7-19(13)10-11-5-6-14(16)15(17)8-11;/h3-8,12H,2,9-10,18H2,1H3;1H. The topological polar surface area (TPSA) is 30.9 Å². The Bertz CT molecular complexity index is 552. The molecule has 0 amide bonds. The highest BCUT2D eigenvalue weighted by molar-refractivity contribution is 6.42. The van der Waals surface area contributed by atoms with Crippen LogP contribution in [-0.2, 0) is 13.0 Å². The molecule has 1 aromatic heterocycles. The summed E-state index contributed by atoms with van der Waals surface area (Å²) in [5.74, 6) is 0. The fourth-order valence-electron chi connectivity index (χ4n) is 2.04. The zero-order valence-electron chi connectivity index (χ0n) is 11.4. The first kappa shape index (κ1) is 17.4. The SMILES string of the molecule is CCC(N)Cc1cccn1Cc1ccc(Cl)c(Cl)c1.Cl. The Labute approximate surface area is 136 Å². The largest absolute Gasteiger partial charge is 0.347 e. The van der Waals surface area contributed by atoms with Gasteiger partial charge in [0.2, 0.25) is 0 Å². The first-order valence-corrected chi connectivity index (χ1v) is 7.19. The van der Waals surface area contributed by atoms with E-state index < -0.39 is 0 Å².